The number of amides is 2. The Hall–Kier alpha value is -3.55. The first kappa shape index (κ1) is 13.1. The molecule has 0 saturated carbocycles. The van der Waals surface area contributed by atoms with E-state index in [1.54, 1.807) is 24.3 Å². The quantitative estimate of drug-likeness (QED) is 0.662. The van der Waals surface area contributed by atoms with Gasteiger partial charge in [0.2, 0.25) is 5.58 Å². The number of carbonyl (C=O) groups excluding carboxylic acids is 3. The molecule has 0 bridgehead atoms. The average molecular weight is 309 g/mol. The molecule has 0 aliphatic carbocycles. The van der Waals surface area contributed by atoms with Gasteiger partial charge < -0.3 is 9.36 Å². The number of rotatable bonds is 2. The topological polar surface area (TPSA) is 103 Å². The molecule has 8 heteroatoms. The highest BCUT2D eigenvalue weighted by molar-refractivity contribution is 6.21. The number of hydroxylamine groups is 2. The smallest absolute Gasteiger partial charge is 0.336 e. The zero-order valence-electron chi connectivity index (χ0n) is 11.4. The summed E-state index contributed by atoms with van der Waals surface area (Å²) in [6, 6.07) is 10.8. The summed E-state index contributed by atoms with van der Waals surface area (Å²) in [4.78, 5) is 41.6. The normalized spacial score (nSPS) is 13.5. The number of aromatic nitrogens is 2. The molecule has 2 amide bonds. The summed E-state index contributed by atoms with van der Waals surface area (Å²) in [7, 11) is 0. The number of para-hydroxylation sites is 1. The molecule has 2 aromatic carbocycles. The van der Waals surface area contributed by atoms with Crippen LogP contribution in [0.25, 0.3) is 11.1 Å². The van der Waals surface area contributed by atoms with Crippen molar-refractivity contribution < 1.29 is 23.7 Å². The Bertz CT molecular complexity index is 943. The molecule has 0 unspecified atom stereocenters. The van der Waals surface area contributed by atoms with Gasteiger partial charge in [-0.2, -0.15) is 0 Å². The van der Waals surface area contributed by atoms with Crippen LogP contribution in [0.2, 0.25) is 0 Å². The van der Waals surface area contributed by atoms with Crippen LogP contribution in [0.3, 0.4) is 0 Å². The van der Waals surface area contributed by atoms with Crippen LogP contribution in [0.4, 0.5) is 0 Å². The molecule has 0 fully saturated rings. The maximum absolute atomic E-state index is 12.3. The highest BCUT2D eigenvalue weighted by Crippen LogP contribution is 2.24. The molecule has 112 valence electrons. The molecule has 0 N–H and O–H groups in total. The zero-order valence-corrected chi connectivity index (χ0v) is 11.4. The van der Waals surface area contributed by atoms with E-state index in [1.807, 2.05) is 0 Å². The predicted octanol–water partition coefficient (Wildman–Crippen LogP) is 1.59. The summed E-state index contributed by atoms with van der Waals surface area (Å²) >= 11 is 0. The van der Waals surface area contributed by atoms with Gasteiger partial charge in [-0.1, -0.05) is 23.3 Å². The lowest BCUT2D eigenvalue weighted by atomic mass is 10.1. The van der Waals surface area contributed by atoms with E-state index >= 15 is 0 Å². The largest absolute Gasteiger partial charge is 0.367 e. The number of benzene rings is 2. The number of nitrogens with zero attached hydrogens (tertiary/aromatic N) is 3. The van der Waals surface area contributed by atoms with Crippen molar-refractivity contribution in [1.29, 1.82) is 0 Å². The van der Waals surface area contributed by atoms with Gasteiger partial charge in [0.25, 0.3) is 11.8 Å². The van der Waals surface area contributed by atoms with Crippen LogP contribution in [-0.4, -0.2) is 33.2 Å². The molecule has 1 aliphatic heterocycles. The highest BCUT2D eigenvalue weighted by atomic mass is 16.7. The first-order valence-electron chi connectivity index (χ1n) is 6.58. The minimum Gasteiger partial charge on any atom is -0.336 e. The van der Waals surface area contributed by atoms with E-state index in [9.17, 15) is 14.4 Å². The van der Waals surface area contributed by atoms with Crippen molar-refractivity contribution in [3.05, 3.63) is 59.2 Å². The molecule has 0 atom stereocenters. The van der Waals surface area contributed by atoms with Crippen molar-refractivity contribution in [2.24, 2.45) is 0 Å². The number of hydrogen-bond acceptors (Lipinski definition) is 7. The molecule has 1 aliphatic rings. The van der Waals surface area contributed by atoms with Gasteiger partial charge in [0.1, 0.15) is 11.1 Å². The van der Waals surface area contributed by atoms with Gasteiger partial charge >= 0.3 is 5.97 Å². The molecule has 8 nitrogen and oxygen atoms in total. The summed E-state index contributed by atoms with van der Waals surface area (Å²) in [5, 5.41) is 7.48. The maximum atomic E-state index is 12.3. The summed E-state index contributed by atoms with van der Waals surface area (Å²) in [5.74, 6) is -2.30. The Morgan fingerprint density at radius 1 is 1.00 bits per heavy atom. The van der Waals surface area contributed by atoms with E-state index in [1.165, 1.54) is 18.2 Å². The molecule has 0 saturated heterocycles. The van der Waals surface area contributed by atoms with Gasteiger partial charge in [-0.3, -0.25) is 9.59 Å². The molecule has 4 rings (SSSR count). The third-order valence-electron chi connectivity index (χ3n) is 3.43. The van der Waals surface area contributed by atoms with Crippen LogP contribution in [0.5, 0.6) is 0 Å². The highest BCUT2D eigenvalue weighted by Gasteiger charge is 2.39. The van der Waals surface area contributed by atoms with Gasteiger partial charge in [-0.05, 0) is 24.3 Å². The first-order chi connectivity index (χ1) is 11.2. The van der Waals surface area contributed by atoms with Crippen LogP contribution >= 0.6 is 0 Å². The summed E-state index contributed by atoms with van der Waals surface area (Å²) < 4.78 is 4.90. The zero-order chi connectivity index (χ0) is 16.0. The molecule has 23 heavy (non-hydrogen) atoms. The SMILES string of the molecule is O=C(ON1C(=O)c2ccccc2C1=O)c1cccc2nnoc12. The molecular formula is C15H7N3O5. The van der Waals surface area contributed by atoms with Crippen LogP contribution < -0.4 is 0 Å². The van der Waals surface area contributed by atoms with Gasteiger partial charge in [0.15, 0.2) is 0 Å². The van der Waals surface area contributed by atoms with Crippen molar-refractivity contribution in [2.45, 2.75) is 0 Å². The van der Waals surface area contributed by atoms with E-state index in [-0.39, 0.29) is 22.3 Å². The molecular weight excluding hydrogens is 302 g/mol. The van der Waals surface area contributed by atoms with Gasteiger partial charge in [-0.15, -0.1) is 5.10 Å². The standard InChI is InChI=1S/C15H7N3O5/c19-13-8-4-1-2-5-9(8)14(20)18(13)23-15(21)10-6-3-7-11-12(10)22-17-16-11/h1-7H. The van der Waals surface area contributed by atoms with Crippen molar-refractivity contribution in [2.75, 3.05) is 0 Å². The maximum Gasteiger partial charge on any atom is 0.367 e. The molecule has 2 heterocycles. The van der Waals surface area contributed by atoms with Gasteiger partial charge in [-0.25, -0.2) is 4.79 Å². The summed E-state index contributed by atoms with van der Waals surface area (Å²) in [5.41, 5.74) is 0.870. The second-order valence-electron chi connectivity index (χ2n) is 4.76. The van der Waals surface area contributed by atoms with Crippen molar-refractivity contribution >= 4 is 28.9 Å². The Balaban J connectivity index is 1.67. The second kappa shape index (κ2) is 4.73. The average Bonchev–Trinajstić information content (AvgIpc) is 3.14. The van der Waals surface area contributed by atoms with E-state index in [4.69, 9.17) is 9.36 Å². The Morgan fingerprint density at radius 3 is 2.39 bits per heavy atom. The number of carbonyl (C=O) groups is 3. The fourth-order valence-electron chi connectivity index (χ4n) is 2.35. The molecule has 0 radical (unpaired) electrons. The lowest BCUT2D eigenvalue weighted by Crippen LogP contribution is -2.32. The van der Waals surface area contributed by atoms with Gasteiger partial charge in [0.05, 0.1) is 11.1 Å². The summed E-state index contributed by atoms with van der Waals surface area (Å²) in [6.07, 6.45) is 0. The van der Waals surface area contributed by atoms with E-state index in [0.29, 0.717) is 10.6 Å². The van der Waals surface area contributed by atoms with Crippen LogP contribution in [0, 0.1) is 0 Å². The fraction of sp³-hybridized carbons (Fsp3) is 0. The lowest BCUT2D eigenvalue weighted by Gasteiger charge is -2.12. The molecule has 1 aromatic heterocycles. The van der Waals surface area contributed by atoms with Crippen LogP contribution in [0.1, 0.15) is 31.1 Å². The van der Waals surface area contributed by atoms with Crippen molar-refractivity contribution in [1.82, 2.24) is 15.4 Å². The minimum absolute atomic E-state index is 0.0176. The van der Waals surface area contributed by atoms with Crippen LogP contribution in [0.15, 0.2) is 47.0 Å². The lowest BCUT2D eigenvalue weighted by molar-refractivity contribution is -0.0584. The van der Waals surface area contributed by atoms with Crippen molar-refractivity contribution in [3.63, 3.8) is 0 Å². The van der Waals surface area contributed by atoms with Crippen LogP contribution in [-0.2, 0) is 4.84 Å². The summed E-state index contributed by atoms with van der Waals surface area (Å²) in [6.45, 7) is 0. The fourth-order valence-corrected chi connectivity index (χ4v) is 2.35. The molecule has 3 aromatic rings. The Labute approximate surface area is 128 Å². The monoisotopic (exact) mass is 309 g/mol. The van der Waals surface area contributed by atoms with Crippen molar-refractivity contribution in [3.8, 4) is 0 Å². The first-order valence-corrected chi connectivity index (χ1v) is 6.58. The van der Waals surface area contributed by atoms with Gasteiger partial charge in [0, 0.05) is 5.27 Å². The van der Waals surface area contributed by atoms with E-state index in [0.717, 1.165) is 0 Å². The number of fused-ring (bicyclic) bond motifs is 2. The van der Waals surface area contributed by atoms with E-state index < -0.39 is 17.8 Å². The van der Waals surface area contributed by atoms with E-state index in [2.05, 4.69) is 10.4 Å². The Morgan fingerprint density at radius 2 is 1.70 bits per heavy atom. The Kier molecular flexibility index (Phi) is 2.70. The predicted molar refractivity (Wildman–Crippen MR) is 74.2 cm³/mol. The third kappa shape index (κ3) is 1.89. The number of hydrogen-bond donors (Lipinski definition) is 0. The third-order valence-corrected chi connectivity index (χ3v) is 3.43. The second-order valence-corrected chi connectivity index (χ2v) is 4.76. The molecule has 0 spiro atoms. The minimum atomic E-state index is -0.913. The number of imide groups is 1.